The molecule has 0 aliphatic heterocycles. The first-order chi connectivity index (χ1) is 8.76. The van der Waals surface area contributed by atoms with Crippen LogP contribution in [-0.2, 0) is 19.3 Å². The van der Waals surface area contributed by atoms with Crippen LogP contribution in [0.2, 0.25) is 0 Å². The summed E-state index contributed by atoms with van der Waals surface area (Å²) in [5, 5.41) is 6.78. The highest BCUT2D eigenvalue weighted by Gasteiger charge is 2.20. The molecule has 1 unspecified atom stereocenters. The topological polar surface area (TPSA) is 24.9 Å². The van der Waals surface area contributed by atoms with Crippen LogP contribution in [0.1, 0.15) is 38.5 Å². The van der Waals surface area contributed by atoms with Crippen molar-refractivity contribution in [1.82, 2.24) is 10.3 Å². The van der Waals surface area contributed by atoms with Crippen molar-refractivity contribution in [2.45, 2.75) is 38.6 Å². The molecule has 1 N–H and O–H groups in total. The van der Waals surface area contributed by atoms with E-state index in [0.717, 1.165) is 11.4 Å². The van der Waals surface area contributed by atoms with Gasteiger partial charge >= 0.3 is 0 Å². The van der Waals surface area contributed by atoms with Crippen LogP contribution in [0.4, 0.5) is 0 Å². The van der Waals surface area contributed by atoms with Gasteiger partial charge in [0.25, 0.3) is 0 Å². The number of fused-ring (bicyclic) bond motifs is 1. The van der Waals surface area contributed by atoms with Crippen LogP contribution < -0.4 is 5.32 Å². The Kier molecular flexibility index (Phi) is 3.50. The maximum Gasteiger partial charge on any atom is 0.0897 e. The molecule has 0 amide bonds. The zero-order valence-corrected chi connectivity index (χ0v) is 12.5. The SMILES string of the molecule is CNC(Cc1csc(C)n1)c1cc2c(s1)CCC2. The van der Waals surface area contributed by atoms with Gasteiger partial charge in [-0.25, -0.2) is 4.98 Å². The molecule has 0 bridgehead atoms. The predicted molar refractivity (Wildman–Crippen MR) is 78.7 cm³/mol. The highest BCUT2D eigenvalue weighted by atomic mass is 32.1. The fourth-order valence-electron chi connectivity index (χ4n) is 2.58. The number of thiazole rings is 1. The fraction of sp³-hybridized carbons (Fsp3) is 0.500. The molecule has 0 saturated carbocycles. The van der Waals surface area contributed by atoms with Crippen molar-refractivity contribution in [3.8, 4) is 0 Å². The molecule has 1 aliphatic carbocycles. The van der Waals surface area contributed by atoms with Gasteiger partial charge in [-0.1, -0.05) is 0 Å². The number of thiophene rings is 1. The first-order valence-electron chi connectivity index (χ1n) is 6.46. The van der Waals surface area contributed by atoms with Gasteiger partial charge in [0, 0.05) is 27.6 Å². The van der Waals surface area contributed by atoms with Crippen LogP contribution in [0.15, 0.2) is 11.4 Å². The Balaban J connectivity index is 1.79. The molecular formula is C14H18N2S2. The van der Waals surface area contributed by atoms with Crippen molar-refractivity contribution in [2.24, 2.45) is 0 Å². The quantitative estimate of drug-likeness (QED) is 0.926. The number of aromatic nitrogens is 1. The maximum atomic E-state index is 4.57. The van der Waals surface area contributed by atoms with Crippen LogP contribution in [0.25, 0.3) is 0 Å². The van der Waals surface area contributed by atoms with Crippen molar-refractivity contribution in [2.75, 3.05) is 7.05 Å². The average Bonchev–Trinajstić information content (AvgIpc) is 3.00. The second kappa shape index (κ2) is 5.11. The molecule has 0 fully saturated rings. The van der Waals surface area contributed by atoms with E-state index in [2.05, 4.69) is 35.7 Å². The fourth-order valence-corrected chi connectivity index (χ4v) is 4.57. The molecule has 1 atom stereocenters. The molecule has 2 aromatic rings. The third-order valence-electron chi connectivity index (χ3n) is 3.54. The van der Waals surface area contributed by atoms with Gasteiger partial charge in [-0.15, -0.1) is 22.7 Å². The number of rotatable bonds is 4. The van der Waals surface area contributed by atoms with Crippen LogP contribution in [0.5, 0.6) is 0 Å². The van der Waals surface area contributed by atoms with Crippen LogP contribution in [0, 0.1) is 6.92 Å². The van der Waals surface area contributed by atoms with E-state index in [1.807, 2.05) is 11.3 Å². The number of likely N-dealkylation sites (N-methyl/N-ethyl adjacent to an activating group) is 1. The molecule has 2 aromatic heterocycles. The number of nitrogens with zero attached hydrogens (tertiary/aromatic N) is 1. The Morgan fingerprint density at radius 2 is 2.33 bits per heavy atom. The van der Waals surface area contributed by atoms with Crippen molar-refractivity contribution >= 4 is 22.7 Å². The van der Waals surface area contributed by atoms with E-state index in [1.165, 1.54) is 29.8 Å². The van der Waals surface area contributed by atoms with Crippen molar-refractivity contribution in [3.63, 3.8) is 0 Å². The second-order valence-electron chi connectivity index (χ2n) is 4.85. The minimum Gasteiger partial charge on any atom is -0.312 e. The molecule has 18 heavy (non-hydrogen) atoms. The van der Waals surface area contributed by atoms with Gasteiger partial charge in [-0.05, 0) is 44.9 Å². The lowest BCUT2D eigenvalue weighted by Gasteiger charge is -2.13. The molecule has 0 saturated heterocycles. The Morgan fingerprint density at radius 1 is 1.44 bits per heavy atom. The van der Waals surface area contributed by atoms with Crippen molar-refractivity contribution < 1.29 is 0 Å². The Hall–Kier alpha value is -0.710. The summed E-state index contributed by atoms with van der Waals surface area (Å²) in [4.78, 5) is 7.66. The lowest BCUT2D eigenvalue weighted by molar-refractivity contribution is 0.595. The zero-order chi connectivity index (χ0) is 12.5. The molecule has 96 valence electrons. The summed E-state index contributed by atoms with van der Waals surface area (Å²) in [7, 11) is 2.05. The highest BCUT2D eigenvalue weighted by molar-refractivity contribution is 7.12. The Morgan fingerprint density at radius 3 is 3.00 bits per heavy atom. The van der Waals surface area contributed by atoms with Crippen LogP contribution in [-0.4, -0.2) is 12.0 Å². The molecule has 2 nitrogen and oxygen atoms in total. The molecule has 1 aliphatic rings. The van der Waals surface area contributed by atoms with Crippen LogP contribution >= 0.6 is 22.7 Å². The van der Waals surface area contributed by atoms with E-state index >= 15 is 0 Å². The minimum atomic E-state index is 0.419. The molecule has 3 rings (SSSR count). The molecule has 0 aromatic carbocycles. The van der Waals surface area contributed by atoms with Gasteiger partial charge in [-0.3, -0.25) is 0 Å². The third kappa shape index (κ3) is 2.37. The smallest absolute Gasteiger partial charge is 0.0897 e. The predicted octanol–water partition coefficient (Wildman–Crippen LogP) is 3.50. The standard InChI is InChI=1S/C14H18N2S2/c1-9-16-11(8-17-9)7-12(15-2)14-6-10-4-3-5-13(10)18-14/h6,8,12,15H,3-5,7H2,1-2H3. The number of nitrogens with one attached hydrogen (secondary N) is 1. The average molecular weight is 278 g/mol. The third-order valence-corrected chi connectivity index (χ3v) is 5.71. The van der Waals surface area contributed by atoms with Crippen LogP contribution in [0.3, 0.4) is 0 Å². The molecule has 2 heterocycles. The Bertz CT molecular complexity index is 520. The summed E-state index contributed by atoms with van der Waals surface area (Å²) in [6.07, 6.45) is 4.90. The van der Waals surface area contributed by atoms with E-state index in [-0.39, 0.29) is 0 Å². The molecule has 4 heteroatoms. The normalized spacial score (nSPS) is 15.9. The monoisotopic (exact) mass is 278 g/mol. The summed E-state index contributed by atoms with van der Waals surface area (Å²) in [6.45, 7) is 2.07. The molecule has 0 spiro atoms. The lowest BCUT2D eigenvalue weighted by Crippen LogP contribution is -2.17. The van der Waals surface area contributed by atoms with Gasteiger partial charge in [-0.2, -0.15) is 0 Å². The van der Waals surface area contributed by atoms with Gasteiger partial charge in [0.2, 0.25) is 0 Å². The zero-order valence-electron chi connectivity index (χ0n) is 10.8. The van der Waals surface area contributed by atoms with Gasteiger partial charge in [0.1, 0.15) is 0 Å². The Labute approximate surface area is 116 Å². The minimum absolute atomic E-state index is 0.419. The van der Waals surface area contributed by atoms with Gasteiger partial charge < -0.3 is 5.32 Å². The first kappa shape index (κ1) is 12.3. The molecule has 0 radical (unpaired) electrons. The van der Waals surface area contributed by atoms with Gasteiger partial charge in [0.15, 0.2) is 0 Å². The van der Waals surface area contributed by atoms with Gasteiger partial charge in [0.05, 0.1) is 10.7 Å². The van der Waals surface area contributed by atoms with E-state index in [9.17, 15) is 0 Å². The first-order valence-corrected chi connectivity index (χ1v) is 8.15. The summed E-state index contributed by atoms with van der Waals surface area (Å²) in [5.41, 5.74) is 2.80. The van der Waals surface area contributed by atoms with E-state index in [1.54, 1.807) is 21.8 Å². The van der Waals surface area contributed by atoms with Crippen molar-refractivity contribution in [1.29, 1.82) is 0 Å². The summed E-state index contributed by atoms with van der Waals surface area (Å²) < 4.78 is 0. The number of hydrogen-bond acceptors (Lipinski definition) is 4. The second-order valence-corrected chi connectivity index (χ2v) is 7.08. The number of hydrogen-bond donors (Lipinski definition) is 1. The van der Waals surface area contributed by atoms with E-state index in [4.69, 9.17) is 0 Å². The largest absolute Gasteiger partial charge is 0.312 e. The summed E-state index contributed by atoms with van der Waals surface area (Å²) in [5.74, 6) is 0. The maximum absolute atomic E-state index is 4.57. The summed E-state index contributed by atoms with van der Waals surface area (Å²) in [6, 6.07) is 2.83. The van der Waals surface area contributed by atoms with E-state index in [0.29, 0.717) is 6.04 Å². The highest BCUT2D eigenvalue weighted by Crippen LogP contribution is 2.34. The number of aryl methyl sites for hydroxylation is 3. The van der Waals surface area contributed by atoms with E-state index < -0.39 is 0 Å². The lowest BCUT2D eigenvalue weighted by atomic mass is 10.1. The van der Waals surface area contributed by atoms with Crippen molar-refractivity contribution in [3.05, 3.63) is 37.5 Å². The molecular weight excluding hydrogens is 260 g/mol. The summed E-state index contributed by atoms with van der Waals surface area (Å²) >= 11 is 3.73.